The van der Waals surface area contributed by atoms with Gasteiger partial charge in [0.1, 0.15) is 0 Å². The first kappa shape index (κ1) is 22.4. The molecule has 0 atom stereocenters. The van der Waals surface area contributed by atoms with E-state index in [1.165, 1.54) is 40.4 Å². The van der Waals surface area contributed by atoms with Crippen LogP contribution in [0.2, 0.25) is 0 Å². The van der Waals surface area contributed by atoms with Gasteiger partial charge in [-0.3, -0.25) is 4.90 Å². The smallest absolute Gasteiger partial charge is 0.319 e. The van der Waals surface area contributed by atoms with Crippen molar-refractivity contribution in [3.63, 3.8) is 0 Å². The SMILES string of the molecule is CC(C)c1cccc(C(C)C)c1N(CC1(c2cn(C)c3ccccc23)CCCC1)C(N)=O. The lowest BCUT2D eigenvalue weighted by molar-refractivity contribution is 0.251. The van der Waals surface area contributed by atoms with Crippen molar-refractivity contribution in [1.82, 2.24) is 4.57 Å². The van der Waals surface area contributed by atoms with Gasteiger partial charge in [0.15, 0.2) is 0 Å². The zero-order chi connectivity index (χ0) is 23.0. The number of primary amides is 1. The van der Waals surface area contributed by atoms with Gasteiger partial charge in [-0.15, -0.1) is 0 Å². The molecule has 2 aromatic carbocycles. The van der Waals surface area contributed by atoms with Crippen molar-refractivity contribution < 1.29 is 4.79 Å². The molecular weight excluding hydrogens is 394 g/mol. The standard InChI is InChI=1S/C28H37N3O/c1-19(2)21-12-10-13-22(20(3)4)26(21)31(27(29)32)18-28(15-8-9-16-28)24-17-30(5)25-14-7-6-11-23(24)25/h6-7,10-14,17,19-20H,8-9,15-16,18H2,1-5H3,(H2,29,32). The first-order valence-corrected chi connectivity index (χ1v) is 12.0. The first-order chi connectivity index (χ1) is 15.2. The number of urea groups is 1. The van der Waals surface area contributed by atoms with Gasteiger partial charge in [0.25, 0.3) is 0 Å². The molecule has 1 aliphatic carbocycles. The van der Waals surface area contributed by atoms with Crippen molar-refractivity contribution in [1.29, 1.82) is 0 Å². The number of aromatic nitrogens is 1. The summed E-state index contributed by atoms with van der Waals surface area (Å²) in [7, 11) is 2.12. The van der Waals surface area contributed by atoms with E-state index in [1.54, 1.807) is 0 Å². The zero-order valence-electron chi connectivity index (χ0n) is 20.2. The van der Waals surface area contributed by atoms with Crippen LogP contribution >= 0.6 is 0 Å². The van der Waals surface area contributed by atoms with Gasteiger partial charge in [-0.25, -0.2) is 4.79 Å². The number of anilines is 1. The van der Waals surface area contributed by atoms with Gasteiger partial charge in [-0.2, -0.15) is 0 Å². The number of nitrogens with zero attached hydrogens (tertiary/aromatic N) is 2. The normalized spacial score (nSPS) is 15.7. The number of hydrogen-bond donors (Lipinski definition) is 1. The van der Waals surface area contributed by atoms with Crippen LogP contribution in [0.3, 0.4) is 0 Å². The molecule has 32 heavy (non-hydrogen) atoms. The molecule has 2 N–H and O–H groups in total. The average molecular weight is 432 g/mol. The third-order valence-corrected chi connectivity index (χ3v) is 7.37. The molecule has 0 spiro atoms. The number of rotatable bonds is 6. The quantitative estimate of drug-likeness (QED) is 0.457. The minimum absolute atomic E-state index is 0.0891. The molecule has 170 valence electrons. The van der Waals surface area contributed by atoms with Crippen LogP contribution in [0.15, 0.2) is 48.7 Å². The molecule has 4 nitrogen and oxygen atoms in total. The largest absolute Gasteiger partial charge is 0.351 e. The van der Waals surface area contributed by atoms with E-state index < -0.39 is 0 Å². The highest BCUT2D eigenvalue weighted by Gasteiger charge is 2.41. The number of hydrogen-bond acceptors (Lipinski definition) is 1. The van der Waals surface area contributed by atoms with E-state index in [0.29, 0.717) is 18.4 Å². The Bertz CT molecular complexity index is 1090. The lowest BCUT2D eigenvalue weighted by Crippen LogP contribution is -2.46. The van der Waals surface area contributed by atoms with Crippen molar-refractivity contribution >= 4 is 22.6 Å². The Morgan fingerprint density at radius 2 is 1.59 bits per heavy atom. The van der Waals surface area contributed by atoms with Gasteiger partial charge >= 0.3 is 6.03 Å². The van der Waals surface area contributed by atoms with E-state index in [9.17, 15) is 4.79 Å². The summed E-state index contributed by atoms with van der Waals surface area (Å²) in [6.07, 6.45) is 6.79. The fraction of sp³-hybridized carbons (Fsp3) is 0.464. The number of carbonyl (C=O) groups is 1. The van der Waals surface area contributed by atoms with Gasteiger partial charge in [-0.1, -0.05) is 76.9 Å². The summed E-state index contributed by atoms with van der Waals surface area (Å²) in [4.78, 5) is 14.9. The fourth-order valence-electron chi connectivity index (χ4n) is 5.72. The summed E-state index contributed by atoms with van der Waals surface area (Å²) in [6, 6.07) is 14.7. The van der Waals surface area contributed by atoms with Crippen LogP contribution < -0.4 is 10.6 Å². The Labute approximate surface area is 192 Å². The van der Waals surface area contributed by atoms with E-state index in [-0.39, 0.29) is 11.4 Å². The highest BCUT2D eigenvalue weighted by molar-refractivity contribution is 5.93. The third-order valence-electron chi connectivity index (χ3n) is 7.37. The second-order valence-electron chi connectivity index (χ2n) is 10.2. The summed E-state index contributed by atoms with van der Waals surface area (Å²) >= 11 is 0. The molecule has 1 saturated carbocycles. The van der Waals surface area contributed by atoms with Crippen LogP contribution in [0.4, 0.5) is 10.5 Å². The Hall–Kier alpha value is -2.75. The first-order valence-electron chi connectivity index (χ1n) is 12.0. The number of para-hydroxylation sites is 2. The minimum Gasteiger partial charge on any atom is -0.351 e. The summed E-state index contributed by atoms with van der Waals surface area (Å²) in [5, 5.41) is 1.29. The van der Waals surface area contributed by atoms with Gasteiger partial charge in [0, 0.05) is 36.1 Å². The summed E-state index contributed by atoms with van der Waals surface area (Å²) in [6.45, 7) is 9.40. The predicted molar refractivity (Wildman–Crippen MR) is 135 cm³/mol. The monoisotopic (exact) mass is 431 g/mol. The molecule has 3 aromatic rings. The van der Waals surface area contributed by atoms with E-state index in [1.807, 2.05) is 4.90 Å². The molecule has 0 aliphatic heterocycles. The topological polar surface area (TPSA) is 51.3 Å². The molecule has 4 heteroatoms. The van der Waals surface area contributed by atoms with E-state index in [4.69, 9.17) is 5.73 Å². The lowest BCUT2D eigenvalue weighted by Gasteiger charge is -2.37. The molecule has 1 heterocycles. The number of carbonyl (C=O) groups excluding carboxylic acids is 1. The maximum Gasteiger partial charge on any atom is 0.319 e. The van der Waals surface area contributed by atoms with Gasteiger partial charge in [-0.05, 0) is 47.4 Å². The van der Waals surface area contributed by atoms with Gasteiger partial charge in [0.2, 0.25) is 0 Å². The Kier molecular flexibility index (Phi) is 6.07. The van der Waals surface area contributed by atoms with Crippen molar-refractivity contribution in [2.75, 3.05) is 11.4 Å². The Morgan fingerprint density at radius 1 is 1.00 bits per heavy atom. The number of nitrogens with two attached hydrogens (primary N) is 1. The summed E-state index contributed by atoms with van der Waals surface area (Å²) < 4.78 is 2.22. The van der Waals surface area contributed by atoms with Crippen LogP contribution in [0.25, 0.3) is 10.9 Å². The Balaban J connectivity index is 1.88. The third kappa shape index (κ3) is 3.80. The van der Waals surface area contributed by atoms with Crippen LogP contribution in [-0.4, -0.2) is 17.1 Å². The molecule has 1 aromatic heterocycles. The number of fused-ring (bicyclic) bond motifs is 1. The second kappa shape index (κ2) is 8.65. The highest BCUT2D eigenvalue weighted by Crippen LogP contribution is 2.46. The van der Waals surface area contributed by atoms with Gasteiger partial charge < -0.3 is 10.3 Å². The maximum atomic E-state index is 13.0. The lowest BCUT2D eigenvalue weighted by atomic mass is 9.77. The number of aryl methyl sites for hydroxylation is 1. The molecular formula is C28H37N3O. The molecule has 1 fully saturated rings. The molecule has 0 unspecified atom stereocenters. The summed E-state index contributed by atoms with van der Waals surface area (Å²) in [5.74, 6) is 0.616. The van der Waals surface area contributed by atoms with Crippen LogP contribution in [0, 0.1) is 0 Å². The van der Waals surface area contributed by atoms with Gasteiger partial charge in [0.05, 0.1) is 5.69 Å². The van der Waals surface area contributed by atoms with Crippen molar-refractivity contribution in [2.24, 2.45) is 12.8 Å². The van der Waals surface area contributed by atoms with E-state index >= 15 is 0 Å². The number of benzene rings is 2. The van der Waals surface area contributed by atoms with Crippen LogP contribution in [0.5, 0.6) is 0 Å². The van der Waals surface area contributed by atoms with Crippen molar-refractivity contribution in [2.45, 2.75) is 70.6 Å². The predicted octanol–water partition coefficient (Wildman–Crippen LogP) is 6.82. The molecule has 1 aliphatic rings. The second-order valence-corrected chi connectivity index (χ2v) is 10.2. The molecule has 4 rings (SSSR count). The van der Waals surface area contributed by atoms with Crippen molar-refractivity contribution in [3.8, 4) is 0 Å². The molecule has 0 radical (unpaired) electrons. The van der Waals surface area contributed by atoms with E-state index in [0.717, 1.165) is 18.5 Å². The van der Waals surface area contributed by atoms with Crippen LogP contribution in [0.1, 0.15) is 81.9 Å². The average Bonchev–Trinajstić information content (AvgIpc) is 3.37. The van der Waals surface area contributed by atoms with Crippen LogP contribution in [-0.2, 0) is 12.5 Å². The number of amides is 2. The van der Waals surface area contributed by atoms with E-state index in [2.05, 4.69) is 88.0 Å². The fourth-order valence-corrected chi connectivity index (χ4v) is 5.72. The molecule has 0 bridgehead atoms. The maximum absolute atomic E-state index is 13.0. The highest BCUT2D eigenvalue weighted by atomic mass is 16.2. The van der Waals surface area contributed by atoms with Crippen molar-refractivity contribution in [3.05, 3.63) is 65.4 Å². The minimum atomic E-state index is -0.355. The molecule has 0 saturated heterocycles. The Morgan fingerprint density at radius 3 is 2.16 bits per heavy atom. The summed E-state index contributed by atoms with van der Waals surface area (Å²) in [5.41, 5.74) is 12.0. The molecule has 2 amide bonds. The zero-order valence-corrected chi connectivity index (χ0v) is 20.2.